The lowest BCUT2D eigenvalue weighted by Gasteiger charge is -2.26. The molecule has 1 aliphatic carbocycles. The lowest BCUT2D eigenvalue weighted by atomic mass is 9.83. The molecule has 1 atom stereocenters. The molecule has 2 N–H and O–H groups in total. The monoisotopic (exact) mass is 326 g/mol. The van der Waals surface area contributed by atoms with E-state index in [4.69, 9.17) is 4.42 Å². The first kappa shape index (κ1) is 16.6. The maximum absolute atomic E-state index is 5.59. The smallest absolute Gasteiger partial charge is 0.214 e. The zero-order valence-electron chi connectivity index (χ0n) is 14.7. The molecule has 0 saturated heterocycles. The van der Waals surface area contributed by atoms with Crippen molar-refractivity contribution in [1.29, 1.82) is 0 Å². The van der Waals surface area contributed by atoms with Crippen LogP contribution in [0.15, 0.2) is 33.7 Å². The Morgan fingerprint density at radius 1 is 1.29 bits per heavy atom. The van der Waals surface area contributed by atoms with Crippen LogP contribution in [0, 0.1) is 13.8 Å². The van der Waals surface area contributed by atoms with Crippen LogP contribution in [-0.4, -0.2) is 24.5 Å². The van der Waals surface area contributed by atoms with E-state index >= 15 is 0 Å². The molecule has 24 heavy (non-hydrogen) atoms. The number of aryl methyl sites for hydroxylation is 3. The third-order valence-corrected chi connectivity index (χ3v) is 4.71. The SMILES string of the molecule is CN=C(NCc1nc(C)c(C)o1)NCC1CCCc2ccccc21. The second-order valence-electron chi connectivity index (χ2n) is 6.34. The summed E-state index contributed by atoms with van der Waals surface area (Å²) in [5.41, 5.74) is 3.91. The molecule has 1 unspecified atom stereocenters. The van der Waals surface area contributed by atoms with Gasteiger partial charge in [0.05, 0.1) is 12.2 Å². The third kappa shape index (κ3) is 3.78. The molecule has 0 spiro atoms. The Labute approximate surface area is 143 Å². The third-order valence-electron chi connectivity index (χ3n) is 4.71. The molecule has 5 nitrogen and oxygen atoms in total. The molecule has 3 rings (SSSR count). The van der Waals surface area contributed by atoms with Crippen molar-refractivity contribution in [2.24, 2.45) is 4.99 Å². The van der Waals surface area contributed by atoms with E-state index in [1.54, 1.807) is 7.05 Å². The van der Waals surface area contributed by atoms with Crippen LogP contribution in [0.25, 0.3) is 0 Å². The molecule has 2 aromatic rings. The van der Waals surface area contributed by atoms with Gasteiger partial charge in [-0.2, -0.15) is 0 Å². The lowest BCUT2D eigenvalue weighted by Crippen LogP contribution is -2.39. The molecule has 0 saturated carbocycles. The molecule has 1 aliphatic rings. The molecule has 0 radical (unpaired) electrons. The number of fused-ring (bicyclic) bond motifs is 1. The van der Waals surface area contributed by atoms with Crippen molar-refractivity contribution in [2.75, 3.05) is 13.6 Å². The normalized spacial score (nSPS) is 17.5. The Hall–Kier alpha value is -2.30. The first-order valence-electron chi connectivity index (χ1n) is 8.62. The van der Waals surface area contributed by atoms with Crippen LogP contribution in [-0.2, 0) is 13.0 Å². The summed E-state index contributed by atoms with van der Waals surface area (Å²) in [6.45, 7) is 5.31. The van der Waals surface area contributed by atoms with Gasteiger partial charge in [0.25, 0.3) is 0 Å². The Morgan fingerprint density at radius 3 is 2.88 bits per heavy atom. The van der Waals surface area contributed by atoms with Gasteiger partial charge in [-0.05, 0) is 44.2 Å². The van der Waals surface area contributed by atoms with Crippen molar-refractivity contribution in [3.63, 3.8) is 0 Å². The molecule has 1 heterocycles. The summed E-state index contributed by atoms with van der Waals surface area (Å²) in [6, 6.07) is 8.78. The number of nitrogens with one attached hydrogen (secondary N) is 2. The number of benzene rings is 1. The predicted molar refractivity (Wildman–Crippen MR) is 96.3 cm³/mol. The fourth-order valence-electron chi connectivity index (χ4n) is 3.28. The van der Waals surface area contributed by atoms with Crippen LogP contribution in [0.5, 0.6) is 0 Å². The molecular weight excluding hydrogens is 300 g/mol. The van der Waals surface area contributed by atoms with Crippen LogP contribution < -0.4 is 10.6 Å². The van der Waals surface area contributed by atoms with Crippen molar-refractivity contribution in [2.45, 2.75) is 45.6 Å². The Balaban J connectivity index is 1.55. The summed E-state index contributed by atoms with van der Waals surface area (Å²) in [5, 5.41) is 6.71. The quantitative estimate of drug-likeness (QED) is 0.669. The number of hydrogen-bond acceptors (Lipinski definition) is 3. The van der Waals surface area contributed by atoms with Crippen molar-refractivity contribution in [3.8, 4) is 0 Å². The topological polar surface area (TPSA) is 62.5 Å². The second-order valence-corrected chi connectivity index (χ2v) is 6.34. The molecule has 5 heteroatoms. The molecule has 128 valence electrons. The Kier molecular flexibility index (Phi) is 5.18. The Bertz CT molecular complexity index is 700. The van der Waals surface area contributed by atoms with Crippen LogP contribution in [0.1, 0.15) is 47.2 Å². The number of oxazole rings is 1. The maximum Gasteiger partial charge on any atom is 0.214 e. The van der Waals surface area contributed by atoms with Crippen LogP contribution in [0.3, 0.4) is 0 Å². The van der Waals surface area contributed by atoms with Gasteiger partial charge in [0.15, 0.2) is 5.96 Å². The number of aliphatic imine (C=N–C) groups is 1. The highest BCUT2D eigenvalue weighted by Gasteiger charge is 2.19. The number of guanidine groups is 1. The van der Waals surface area contributed by atoms with Gasteiger partial charge in [-0.25, -0.2) is 4.98 Å². The van der Waals surface area contributed by atoms with E-state index in [9.17, 15) is 0 Å². The van der Waals surface area contributed by atoms with E-state index in [0.29, 0.717) is 18.4 Å². The lowest BCUT2D eigenvalue weighted by molar-refractivity contribution is 0.463. The van der Waals surface area contributed by atoms with Crippen LogP contribution in [0.4, 0.5) is 0 Å². The van der Waals surface area contributed by atoms with Crippen molar-refractivity contribution >= 4 is 5.96 Å². The average Bonchev–Trinajstić information content (AvgIpc) is 2.93. The summed E-state index contributed by atoms with van der Waals surface area (Å²) in [4.78, 5) is 8.68. The molecule has 1 aromatic carbocycles. The minimum atomic E-state index is 0.537. The minimum absolute atomic E-state index is 0.537. The number of rotatable bonds is 4. The number of nitrogens with zero attached hydrogens (tertiary/aromatic N) is 2. The summed E-state index contributed by atoms with van der Waals surface area (Å²) in [5.74, 6) is 2.89. The van der Waals surface area contributed by atoms with Crippen molar-refractivity contribution < 1.29 is 4.42 Å². The van der Waals surface area contributed by atoms with Crippen LogP contribution >= 0.6 is 0 Å². The van der Waals surface area contributed by atoms with E-state index in [1.165, 1.54) is 30.4 Å². The summed E-state index contributed by atoms with van der Waals surface area (Å²) >= 11 is 0. The highest BCUT2D eigenvalue weighted by Crippen LogP contribution is 2.30. The molecule has 0 bridgehead atoms. The number of aromatic nitrogens is 1. The zero-order chi connectivity index (χ0) is 16.9. The molecule has 0 amide bonds. The molecule has 0 fully saturated rings. The maximum atomic E-state index is 5.59. The summed E-state index contributed by atoms with van der Waals surface area (Å²) in [7, 11) is 1.79. The van der Waals surface area contributed by atoms with Crippen LogP contribution in [0.2, 0.25) is 0 Å². The zero-order valence-corrected chi connectivity index (χ0v) is 14.7. The molecule has 0 aliphatic heterocycles. The highest BCUT2D eigenvalue weighted by atomic mass is 16.4. The largest absolute Gasteiger partial charge is 0.444 e. The average molecular weight is 326 g/mol. The van der Waals surface area contributed by atoms with Gasteiger partial charge in [-0.3, -0.25) is 4.99 Å². The summed E-state index contributed by atoms with van der Waals surface area (Å²) < 4.78 is 5.59. The first-order chi connectivity index (χ1) is 11.7. The van der Waals surface area contributed by atoms with E-state index in [2.05, 4.69) is 44.9 Å². The second kappa shape index (κ2) is 7.51. The van der Waals surface area contributed by atoms with E-state index < -0.39 is 0 Å². The van der Waals surface area contributed by atoms with Gasteiger partial charge in [-0.1, -0.05) is 24.3 Å². The molecular formula is C19H26N4O. The van der Waals surface area contributed by atoms with E-state index in [-0.39, 0.29) is 0 Å². The van der Waals surface area contributed by atoms with E-state index in [0.717, 1.165) is 24.0 Å². The van der Waals surface area contributed by atoms with Gasteiger partial charge in [0, 0.05) is 19.5 Å². The van der Waals surface area contributed by atoms with Crippen molar-refractivity contribution in [3.05, 3.63) is 52.7 Å². The summed E-state index contributed by atoms with van der Waals surface area (Å²) in [6.07, 6.45) is 3.67. The fourth-order valence-corrected chi connectivity index (χ4v) is 3.28. The van der Waals surface area contributed by atoms with E-state index in [1.807, 2.05) is 13.8 Å². The van der Waals surface area contributed by atoms with Gasteiger partial charge < -0.3 is 15.1 Å². The Morgan fingerprint density at radius 2 is 2.12 bits per heavy atom. The fraction of sp³-hybridized carbons (Fsp3) is 0.474. The van der Waals surface area contributed by atoms with Gasteiger partial charge in [0.1, 0.15) is 5.76 Å². The first-order valence-corrected chi connectivity index (χ1v) is 8.62. The minimum Gasteiger partial charge on any atom is -0.444 e. The van der Waals surface area contributed by atoms with Gasteiger partial charge >= 0.3 is 0 Å². The van der Waals surface area contributed by atoms with Crippen molar-refractivity contribution in [1.82, 2.24) is 15.6 Å². The predicted octanol–water partition coefficient (Wildman–Crippen LogP) is 3.08. The standard InChI is InChI=1S/C19H26N4O/c1-13-14(2)24-18(23-13)12-22-19(20-3)21-11-16-9-6-8-15-7-4-5-10-17(15)16/h4-5,7,10,16H,6,8-9,11-12H2,1-3H3,(H2,20,21,22). The van der Waals surface area contributed by atoms with Gasteiger partial charge in [0.2, 0.25) is 5.89 Å². The molecule has 1 aromatic heterocycles. The van der Waals surface area contributed by atoms with Gasteiger partial charge in [-0.15, -0.1) is 0 Å². The highest BCUT2D eigenvalue weighted by molar-refractivity contribution is 5.79. The number of hydrogen-bond donors (Lipinski definition) is 2.